The Kier molecular flexibility index (Phi) is 8.00. The molecule has 0 saturated heterocycles. The van der Waals surface area contributed by atoms with E-state index in [2.05, 4.69) is 80.3 Å². The van der Waals surface area contributed by atoms with Crippen molar-refractivity contribution in [3.8, 4) is 0 Å². The topological polar surface area (TPSA) is 3.24 Å². The summed E-state index contributed by atoms with van der Waals surface area (Å²) in [6, 6.07) is 21.3. The number of alkyl halides is 1. The molecular weight excluding hydrogens is 362 g/mol. The standard InChI is InChI=1S/C26H36ClN/c1-20(2)28(19-18-22-8-5-4-6-9-22)21(3)12-13-23-14-16-24(17-15-23)25-10-7-11-26(25)27/h4-6,8-9,14-17,20-21,25-26H,7,10-13,18-19H2,1-3H3. The van der Waals surface area contributed by atoms with Crippen molar-refractivity contribution in [3.05, 3.63) is 71.3 Å². The molecule has 0 radical (unpaired) electrons. The van der Waals surface area contributed by atoms with Crippen LogP contribution in [0.4, 0.5) is 0 Å². The van der Waals surface area contributed by atoms with Crippen LogP contribution in [0.5, 0.6) is 0 Å². The Balaban J connectivity index is 1.51. The molecule has 0 spiro atoms. The van der Waals surface area contributed by atoms with Gasteiger partial charge in [-0.05, 0) is 69.6 Å². The van der Waals surface area contributed by atoms with Gasteiger partial charge in [0, 0.05) is 29.9 Å². The lowest BCUT2D eigenvalue weighted by molar-refractivity contribution is 0.158. The van der Waals surface area contributed by atoms with Gasteiger partial charge in [-0.15, -0.1) is 11.6 Å². The largest absolute Gasteiger partial charge is 0.298 e. The van der Waals surface area contributed by atoms with E-state index >= 15 is 0 Å². The molecule has 1 saturated carbocycles. The second-order valence-corrected chi connectivity index (χ2v) is 9.31. The van der Waals surface area contributed by atoms with Gasteiger partial charge in [-0.3, -0.25) is 4.90 Å². The normalized spacial score (nSPS) is 20.8. The maximum atomic E-state index is 6.49. The van der Waals surface area contributed by atoms with Crippen LogP contribution in [0, 0.1) is 0 Å². The van der Waals surface area contributed by atoms with E-state index in [-0.39, 0.29) is 0 Å². The smallest absolute Gasteiger partial charge is 0.0404 e. The van der Waals surface area contributed by atoms with Gasteiger partial charge in [-0.2, -0.15) is 0 Å². The summed E-state index contributed by atoms with van der Waals surface area (Å²) in [5, 5.41) is 0.329. The van der Waals surface area contributed by atoms with Crippen molar-refractivity contribution in [3.63, 3.8) is 0 Å². The van der Waals surface area contributed by atoms with Gasteiger partial charge in [0.2, 0.25) is 0 Å². The number of benzene rings is 2. The fraction of sp³-hybridized carbons (Fsp3) is 0.538. The molecule has 0 aromatic heterocycles. The molecule has 0 heterocycles. The van der Waals surface area contributed by atoms with Gasteiger partial charge in [0.1, 0.15) is 0 Å². The van der Waals surface area contributed by atoms with Crippen LogP contribution in [0.25, 0.3) is 0 Å². The second kappa shape index (κ2) is 10.5. The number of aryl methyl sites for hydroxylation is 1. The van der Waals surface area contributed by atoms with E-state index in [0.717, 1.165) is 19.4 Å². The second-order valence-electron chi connectivity index (χ2n) is 8.75. The number of rotatable bonds is 9. The number of nitrogens with zero attached hydrogens (tertiary/aromatic N) is 1. The molecule has 0 amide bonds. The van der Waals surface area contributed by atoms with Crippen molar-refractivity contribution >= 4 is 11.6 Å². The van der Waals surface area contributed by atoms with Gasteiger partial charge in [0.25, 0.3) is 0 Å². The predicted octanol–water partition coefficient (Wildman–Crippen LogP) is 6.84. The molecule has 2 heteroatoms. The van der Waals surface area contributed by atoms with Crippen LogP contribution < -0.4 is 0 Å². The summed E-state index contributed by atoms with van der Waals surface area (Å²) in [6.07, 6.45) is 7.15. The van der Waals surface area contributed by atoms with Crippen LogP contribution in [0.1, 0.15) is 69.1 Å². The average Bonchev–Trinajstić information content (AvgIpc) is 3.13. The highest BCUT2D eigenvalue weighted by Crippen LogP contribution is 2.38. The molecule has 3 rings (SSSR count). The van der Waals surface area contributed by atoms with E-state index < -0.39 is 0 Å². The lowest BCUT2D eigenvalue weighted by Gasteiger charge is -2.33. The van der Waals surface area contributed by atoms with Crippen LogP contribution in [-0.2, 0) is 12.8 Å². The summed E-state index contributed by atoms with van der Waals surface area (Å²) in [5.41, 5.74) is 4.31. The maximum Gasteiger partial charge on any atom is 0.0404 e. The van der Waals surface area contributed by atoms with Crippen molar-refractivity contribution in [2.24, 2.45) is 0 Å². The molecule has 1 aliphatic rings. The molecule has 1 fully saturated rings. The average molecular weight is 398 g/mol. The first kappa shape index (κ1) is 21.4. The molecule has 1 nitrogen and oxygen atoms in total. The Morgan fingerprint density at radius 3 is 2.18 bits per heavy atom. The molecule has 152 valence electrons. The van der Waals surface area contributed by atoms with E-state index in [9.17, 15) is 0 Å². The van der Waals surface area contributed by atoms with Crippen LogP contribution in [0.15, 0.2) is 54.6 Å². The van der Waals surface area contributed by atoms with Crippen molar-refractivity contribution in [1.29, 1.82) is 0 Å². The first-order chi connectivity index (χ1) is 13.5. The van der Waals surface area contributed by atoms with E-state index in [1.165, 1.54) is 42.4 Å². The summed E-state index contributed by atoms with van der Waals surface area (Å²) < 4.78 is 0. The predicted molar refractivity (Wildman–Crippen MR) is 122 cm³/mol. The third-order valence-corrected chi connectivity index (χ3v) is 6.94. The van der Waals surface area contributed by atoms with E-state index in [1.807, 2.05) is 0 Å². The molecule has 3 unspecified atom stereocenters. The van der Waals surface area contributed by atoms with Crippen molar-refractivity contribution < 1.29 is 0 Å². The van der Waals surface area contributed by atoms with Crippen LogP contribution >= 0.6 is 11.6 Å². The highest BCUT2D eigenvalue weighted by molar-refractivity contribution is 6.21. The molecule has 2 aromatic carbocycles. The maximum absolute atomic E-state index is 6.49. The zero-order chi connectivity index (χ0) is 19.9. The summed E-state index contributed by atoms with van der Waals surface area (Å²) in [7, 11) is 0. The molecule has 0 aliphatic heterocycles. The number of hydrogen-bond acceptors (Lipinski definition) is 1. The fourth-order valence-corrected chi connectivity index (χ4v) is 5.08. The minimum absolute atomic E-state index is 0.329. The Bertz CT molecular complexity index is 694. The third-order valence-electron chi connectivity index (χ3n) is 6.42. The van der Waals surface area contributed by atoms with Gasteiger partial charge < -0.3 is 0 Å². The lowest BCUT2D eigenvalue weighted by atomic mass is 9.95. The zero-order valence-corrected chi connectivity index (χ0v) is 18.5. The van der Waals surface area contributed by atoms with Crippen molar-refractivity contribution in [2.45, 2.75) is 82.7 Å². The molecule has 0 bridgehead atoms. The Hall–Kier alpha value is -1.31. The zero-order valence-electron chi connectivity index (χ0n) is 17.8. The van der Waals surface area contributed by atoms with Crippen LogP contribution in [0.3, 0.4) is 0 Å². The van der Waals surface area contributed by atoms with E-state index in [4.69, 9.17) is 11.6 Å². The first-order valence-electron chi connectivity index (χ1n) is 11.1. The molecular formula is C26H36ClN. The monoisotopic (exact) mass is 397 g/mol. The Morgan fingerprint density at radius 2 is 1.57 bits per heavy atom. The van der Waals surface area contributed by atoms with Gasteiger partial charge in [0.05, 0.1) is 0 Å². The highest BCUT2D eigenvalue weighted by atomic mass is 35.5. The van der Waals surface area contributed by atoms with E-state index in [1.54, 1.807) is 0 Å². The van der Waals surface area contributed by atoms with E-state index in [0.29, 0.717) is 23.4 Å². The highest BCUT2D eigenvalue weighted by Gasteiger charge is 2.26. The summed E-state index contributed by atoms with van der Waals surface area (Å²) in [5.74, 6) is 0.559. The molecule has 3 atom stereocenters. The van der Waals surface area contributed by atoms with Crippen LogP contribution in [-0.4, -0.2) is 28.9 Å². The Labute approximate surface area is 177 Å². The van der Waals surface area contributed by atoms with Gasteiger partial charge >= 0.3 is 0 Å². The quantitative estimate of drug-likeness (QED) is 0.419. The minimum atomic E-state index is 0.329. The summed E-state index contributed by atoms with van der Waals surface area (Å²) >= 11 is 6.49. The number of hydrogen-bond donors (Lipinski definition) is 0. The lowest BCUT2D eigenvalue weighted by Crippen LogP contribution is -2.40. The van der Waals surface area contributed by atoms with Gasteiger partial charge in [-0.1, -0.05) is 61.0 Å². The van der Waals surface area contributed by atoms with Gasteiger partial charge in [-0.25, -0.2) is 0 Å². The van der Waals surface area contributed by atoms with Crippen molar-refractivity contribution in [1.82, 2.24) is 4.90 Å². The summed E-state index contributed by atoms with van der Waals surface area (Å²) in [6.45, 7) is 8.15. The SMILES string of the molecule is CC(C)N(CCc1ccccc1)C(C)CCc1ccc(C2CCCC2Cl)cc1. The minimum Gasteiger partial charge on any atom is -0.298 e. The molecule has 2 aromatic rings. The Morgan fingerprint density at radius 1 is 0.893 bits per heavy atom. The summed E-state index contributed by atoms with van der Waals surface area (Å²) in [4.78, 5) is 2.65. The fourth-order valence-electron chi connectivity index (χ4n) is 4.65. The van der Waals surface area contributed by atoms with Crippen molar-refractivity contribution in [2.75, 3.05) is 6.54 Å². The van der Waals surface area contributed by atoms with Gasteiger partial charge in [0.15, 0.2) is 0 Å². The number of halogens is 1. The third kappa shape index (κ3) is 5.84. The first-order valence-corrected chi connectivity index (χ1v) is 11.5. The molecule has 0 N–H and O–H groups in total. The molecule has 1 aliphatic carbocycles. The van der Waals surface area contributed by atoms with Crippen LogP contribution in [0.2, 0.25) is 0 Å². The molecule has 28 heavy (non-hydrogen) atoms.